The number of rotatable bonds is 2. The van der Waals surface area contributed by atoms with Crippen LogP contribution in [0.4, 0.5) is 0 Å². The molecule has 0 amide bonds. The van der Waals surface area contributed by atoms with E-state index in [1.165, 1.54) is 11.1 Å². The van der Waals surface area contributed by atoms with Gasteiger partial charge in [0.15, 0.2) is 0 Å². The van der Waals surface area contributed by atoms with Gasteiger partial charge in [0.1, 0.15) is 5.75 Å². The molecule has 0 spiro atoms. The molecule has 2 aliphatic rings. The molecular formula is C18H24O2. The Labute approximate surface area is 121 Å². The number of allylic oxidation sites excluding steroid dienone is 1. The van der Waals surface area contributed by atoms with Crippen LogP contribution in [0.3, 0.4) is 0 Å². The average Bonchev–Trinajstić information content (AvgIpc) is 2.45. The smallest absolute Gasteiger partial charge is 0.118 e. The van der Waals surface area contributed by atoms with Crippen molar-refractivity contribution in [2.75, 3.05) is 13.7 Å². The summed E-state index contributed by atoms with van der Waals surface area (Å²) in [7, 11) is 1.70. The summed E-state index contributed by atoms with van der Waals surface area (Å²) in [5.41, 5.74) is 2.75. The lowest BCUT2D eigenvalue weighted by Crippen LogP contribution is -2.42. The van der Waals surface area contributed by atoms with E-state index in [0.29, 0.717) is 23.7 Å². The molecule has 1 saturated heterocycles. The maximum atomic E-state index is 6.23. The number of methoxy groups -OCH3 is 1. The zero-order valence-corrected chi connectivity index (χ0v) is 12.8. The van der Waals surface area contributed by atoms with Gasteiger partial charge in [-0.05, 0) is 42.4 Å². The topological polar surface area (TPSA) is 18.5 Å². The zero-order valence-electron chi connectivity index (χ0n) is 12.8. The maximum Gasteiger partial charge on any atom is 0.118 e. The summed E-state index contributed by atoms with van der Waals surface area (Å²) >= 11 is 0. The highest BCUT2D eigenvalue weighted by atomic mass is 16.5. The van der Waals surface area contributed by atoms with E-state index in [2.05, 4.69) is 39.0 Å². The fraction of sp³-hybridized carbons (Fsp3) is 0.556. The highest BCUT2D eigenvalue weighted by Crippen LogP contribution is 2.49. The van der Waals surface area contributed by atoms with Crippen LogP contribution in [-0.4, -0.2) is 13.7 Å². The van der Waals surface area contributed by atoms with Crippen molar-refractivity contribution < 1.29 is 9.47 Å². The molecule has 0 unspecified atom stereocenters. The first-order chi connectivity index (χ1) is 9.61. The van der Waals surface area contributed by atoms with Crippen LogP contribution in [0.5, 0.6) is 5.75 Å². The fourth-order valence-corrected chi connectivity index (χ4v) is 4.04. The summed E-state index contributed by atoms with van der Waals surface area (Å²) in [5.74, 6) is 3.41. The van der Waals surface area contributed by atoms with Gasteiger partial charge in [-0.3, -0.25) is 0 Å². The lowest BCUT2D eigenvalue weighted by Gasteiger charge is -2.47. The van der Waals surface area contributed by atoms with Gasteiger partial charge in [-0.1, -0.05) is 37.6 Å². The van der Waals surface area contributed by atoms with Crippen LogP contribution in [0.25, 0.3) is 0 Å². The second-order valence-corrected chi connectivity index (χ2v) is 6.35. The zero-order chi connectivity index (χ0) is 14.3. The lowest BCUT2D eigenvalue weighted by molar-refractivity contribution is -0.0934. The summed E-state index contributed by atoms with van der Waals surface area (Å²) < 4.78 is 11.5. The molecule has 1 aromatic rings. The van der Waals surface area contributed by atoms with Crippen molar-refractivity contribution in [1.82, 2.24) is 0 Å². The Morgan fingerprint density at radius 2 is 1.85 bits per heavy atom. The molecule has 1 aromatic carbocycles. The Morgan fingerprint density at radius 3 is 2.50 bits per heavy atom. The van der Waals surface area contributed by atoms with Crippen LogP contribution in [0.2, 0.25) is 0 Å². The third-order valence-electron chi connectivity index (χ3n) is 5.21. The first-order valence-corrected chi connectivity index (χ1v) is 7.55. The Morgan fingerprint density at radius 1 is 1.15 bits per heavy atom. The highest BCUT2D eigenvalue weighted by molar-refractivity contribution is 5.31. The van der Waals surface area contributed by atoms with E-state index in [1.54, 1.807) is 7.11 Å². The van der Waals surface area contributed by atoms with Crippen LogP contribution in [0, 0.1) is 23.7 Å². The minimum atomic E-state index is 0.191. The van der Waals surface area contributed by atoms with E-state index in [1.807, 2.05) is 12.1 Å². The van der Waals surface area contributed by atoms with Gasteiger partial charge in [0.05, 0.1) is 19.8 Å². The molecule has 2 heteroatoms. The van der Waals surface area contributed by atoms with Gasteiger partial charge in [-0.15, -0.1) is 0 Å². The predicted molar refractivity (Wildman–Crippen MR) is 80.8 cm³/mol. The molecule has 0 aromatic heterocycles. The van der Waals surface area contributed by atoms with Crippen molar-refractivity contribution >= 4 is 0 Å². The van der Waals surface area contributed by atoms with Gasteiger partial charge in [0.2, 0.25) is 0 Å². The summed E-state index contributed by atoms with van der Waals surface area (Å²) in [6.07, 6.45) is 2.64. The van der Waals surface area contributed by atoms with E-state index in [4.69, 9.17) is 9.47 Å². The Kier molecular flexibility index (Phi) is 3.59. The van der Waals surface area contributed by atoms with Crippen LogP contribution >= 0.6 is 0 Å². The minimum Gasteiger partial charge on any atom is -0.497 e. The molecule has 5 atom stereocenters. The summed E-state index contributed by atoms with van der Waals surface area (Å²) in [6.45, 7) is 7.84. The van der Waals surface area contributed by atoms with Crippen molar-refractivity contribution in [3.8, 4) is 5.75 Å². The third-order valence-corrected chi connectivity index (χ3v) is 5.21. The molecule has 2 bridgehead atoms. The molecule has 0 radical (unpaired) electrons. The second kappa shape index (κ2) is 5.25. The average molecular weight is 272 g/mol. The van der Waals surface area contributed by atoms with Crippen molar-refractivity contribution in [3.05, 3.63) is 41.5 Å². The molecule has 1 aliphatic heterocycles. The van der Waals surface area contributed by atoms with Gasteiger partial charge < -0.3 is 9.47 Å². The number of hydrogen-bond donors (Lipinski definition) is 0. The Hall–Kier alpha value is -1.28. The standard InChI is InChI=1S/C18H24O2/c1-11-9-12(2)17-13(3)16(11)10-20-18(17)14-5-7-15(19-4)8-6-14/h5-9,11,13,16-18H,10H2,1-4H3/t11-,13+,16-,17-,18-/m1/s1. The normalized spacial score (nSPS) is 36.4. The lowest BCUT2D eigenvalue weighted by atomic mass is 9.64. The molecule has 0 N–H and O–H groups in total. The van der Waals surface area contributed by atoms with E-state index in [0.717, 1.165) is 12.4 Å². The fourth-order valence-electron chi connectivity index (χ4n) is 4.04. The van der Waals surface area contributed by atoms with Crippen LogP contribution < -0.4 is 4.74 Å². The van der Waals surface area contributed by atoms with E-state index >= 15 is 0 Å². The quantitative estimate of drug-likeness (QED) is 0.750. The van der Waals surface area contributed by atoms with Gasteiger partial charge in [0, 0.05) is 5.92 Å². The predicted octanol–water partition coefficient (Wildman–Crippen LogP) is 4.23. The third kappa shape index (κ3) is 2.16. The van der Waals surface area contributed by atoms with Crippen molar-refractivity contribution in [3.63, 3.8) is 0 Å². The first kappa shape index (κ1) is 13.7. The molecule has 1 aliphatic carbocycles. The highest BCUT2D eigenvalue weighted by Gasteiger charge is 2.43. The maximum absolute atomic E-state index is 6.23. The van der Waals surface area contributed by atoms with Gasteiger partial charge >= 0.3 is 0 Å². The van der Waals surface area contributed by atoms with Crippen molar-refractivity contribution in [2.24, 2.45) is 23.7 Å². The Balaban J connectivity index is 1.92. The van der Waals surface area contributed by atoms with Gasteiger partial charge in [-0.25, -0.2) is 0 Å². The van der Waals surface area contributed by atoms with Gasteiger partial charge in [-0.2, -0.15) is 0 Å². The summed E-state index contributed by atoms with van der Waals surface area (Å²) in [5, 5.41) is 0. The number of fused-ring (bicyclic) bond motifs is 2. The molecule has 3 rings (SSSR count). The second-order valence-electron chi connectivity index (χ2n) is 6.35. The molecule has 108 valence electrons. The monoisotopic (exact) mass is 272 g/mol. The van der Waals surface area contributed by atoms with Crippen molar-refractivity contribution in [2.45, 2.75) is 26.9 Å². The van der Waals surface area contributed by atoms with E-state index < -0.39 is 0 Å². The molecule has 20 heavy (non-hydrogen) atoms. The van der Waals surface area contributed by atoms with Crippen LogP contribution in [0.15, 0.2) is 35.9 Å². The summed E-state index contributed by atoms with van der Waals surface area (Å²) in [6, 6.07) is 8.34. The van der Waals surface area contributed by atoms with E-state index in [-0.39, 0.29) is 6.10 Å². The van der Waals surface area contributed by atoms with Gasteiger partial charge in [0.25, 0.3) is 0 Å². The van der Waals surface area contributed by atoms with E-state index in [9.17, 15) is 0 Å². The van der Waals surface area contributed by atoms with Crippen LogP contribution in [-0.2, 0) is 4.74 Å². The SMILES string of the molecule is COc1ccc([C@H]2OC[C@H]3[C@H](C)[C@H]2C(C)=C[C@H]3C)cc1. The van der Waals surface area contributed by atoms with Crippen molar-refractivity contribution in [1.29, 1.82) is 0 Å². The molecular weight excluding hydrogens is 248 g/mol. The number of benzene rings is 1. The Bertz CT molecular complexity index is 503. The molecule has 2 nitrogen and oxygen atoms in total. The van der Waals surface area contributed by atoms with Crippen LogP contribution in [0.1, 0.15) is 32.4 Å². The molecule has 1 fully saturated rings. The minimum absolute atomic E-state index is 0.191. The first-order valence-electron chi connectivity index (χ1n) is 7.55. The molecule has 0 saturated carbocycles. The largest absolute Gasteiger partial charge is 0.497 e. The number of ether oxygens (including phenoxy) is 2. The summed E-state index contributed by atoms with van der Waals surface area (Å²) in [4.78, 5) is 0. The molecule has 1 heterocycles. The number of hydrogen-bond acceptors (Lipinski definition) is 2.